The summed E-state index contributed by atoms with van der Waals surface area (Å²) in [6.45, 7) is 4.49. The highest BCUT2D eigenvalue weighted by atomic mass is 16.6. The predicted octanol–water partition coefficient (Wildman–Crippen LogP) is 0.675. The highest BCUT2D eigenvalue weighted by Crippen LogP contribution is 2.17. The fraction of sp³-hybridized carbons (Fsp3) is 0.714. The molecule has 0 unspecified atom stereocenters. The molecule has 0 saturated heterocycles. The summed E-state index contributed by atoms with van der Waals surface area (Å²) in [7, 11) is 1.83. The summed E-state index contributed by atoms with van der Waals surface area (Å²) in [6, 6.07) is 0.173. The first-order valence-electron chi connectivity index (χ1n) is 3.85. The lowest BCUT2D eigenvalue weighted by atomic mass is 10.3. The summed E-state index contributed by atoms with van der Waals surface area (Å²) < 4.78 is 0. The molecular formula is C7H13N3O2. The van der Waals surface area contributed by atoms with Crippen LogP contribution in [-0.4, -0.2) is 34.5 Å². The van der Waals surface area contributed by atoms with Crippen molar-refractivity contribution in [3.8, 4) is 0 Å². The van der Waals surface area contributed by atoms with Gasteiger partial charge in [-0.3, -0.25) is 0 Å². The fourth-order valence-corrected chi connectivity index (χ4v) is 1.20. The quantitative estimate of drug-likeness (QED) is 0.452. The van der Waals surface area contributed by atoms with Gasteiger partial charge >= 0.3 is 5.82 Å². The lowest BCUT2D eigenvalue weighted by Gasteiger charge is -2.17. The average molecular weight is 171 g/mol. The minimum absolute atomic E-state index is 0.173. The van der Waals surface area contributed by atoms with Crippen LogP contribution >= 0.6 is 0 Å². The molecular weight excluding hydrogens is 158 g/mol. The van der Waals surface area contributed by atoms with E-state index in [-0.39, 0.29) is 16.8 Å². The first-order valence-corrected chi connectivity index (χ1v) is 3.85. The molecule has 0 bridgehead atoms. The molecule has 0 aliphatic carbocycles. The number of rotatable bonds is 2. The average Bonchev–Trinajstić information content (AvgIpc) is 2.31. The van der Waals surface area contributed by atoms with E-state index in [9.17, 15) is 10.1 Å². The van der Waals surface area contributed by atoms with Gasteiger partial charge in [-0.2, -0.15) is 0 Å². The molecule has 68 valence electrons. The second-order valence-corrected chi connectivity index (χ2v) is 3.21. The van der Waals surface area contributed by atoms with Crippen LogP contribution in [0.25, 0.3) is 0 Å². The Hall–Kier alpha value is -1.26. The minimum Gasteiger partial charge on any atom is -0.358 e. The highest BCUT2D eigenvalue weighted by Gasteiger charge is 2.30. The summed E-state index contributed by atoms with van der Waals surface area (Å²) in [5.74, 6) is 0.188. The van der Waals surface area contributed by atoms with Crippen molar-refractivity contribution in [1.29, 1.82) is 0 Å². The van der Waals surface area contributed by atoms with Crippen molar-refractivity contribution < 1.29 is 4.92 Å². The third-order valence-corrected chi connectivity index (χ3v) is 1.82. The van der Waals surface area contributed by atoms with E-state index >= 15 is 0 Å². The van der Waals surface area contributed by atoms with Gasteiger partial charge in [0.25, 0.3) is 0 Å². The molecule has 0 aromatic rings. The van der Waals surface area contributed by atoms with Crippen LogP contribution in [0.3, 0.4) is 0 Å². The molecule has 0 spiro atoms. The maximum atomic E-state index is 10.5. The van der Waals surface area contributed by atoms with Gasteiger partial charge in [-0.15, -0.1) is 0 Å². The first-order chi connectivity index (χ1) is 5.52. The molecule has 0 aromatic heterocycles. The van der Waals surface area contributed by atoms with E-state index in [1.165, 1.54) is 0 Å². The Kier molecular flexibility index (Phi) is 2.21. The van der Waals surface area contributed by atoms with E-state index in [0.717, 1.165) is 0 Å². The topological polar surface area (TPSA) is 49.6 Å². The summed E-state index contributed by atoms with van der Waals surface area (Å²) in [5.41, 5.74) is 0. The first kappa shape index (κ1) is 8.83. The molecule has 1 rings (SSSR count). The van der Waals surface area contributed by atoms with Crippen molar-refractivity contribution in [1.82, 2.24) is 9.80 Å². The van der Waals surface area contributed by atoms with E-state index in [4.69, 9.17) is 0 Å². The van der Waals surface area contributed by atoms with E-state index < -0.39 is 0 Å². The second-order valence-electron chi connectivity index (χ2n) is 3.21. The third-order valence-electron chi connectivity index (χ3n) is 1.82. The maximum absolute atomic E-state index is 10.5. The maximum Gasteiger partial charge on any atom is 0.336 e. The zero-order chi connectivity index (χ0) is 9.30. The molecule has 0 atom stereocenters. The Morgan fingerprint density at radius 2 is 2.25 bits per heavy atom. The summed E-state index contributed by atoms with van der Waals surface area (Å²) in [5, 5.41) is 10.5. The Bertz CT molecular complexity index is 225. The summed E-state index contributed by atoms with van der Waals surface area (Å²) in [6.07, 6.45) is 1.56. The zero-order valence-electron chi connectivity index (χ0n) is 7.52. The van der Waals surface area contributed by atoms with Crippen molar-refractivity contribution in [2.45, 2.75) is 19.9 Å². The summed E-state index contributed by atoms with van der Waals surface area (Å²) in [4.78, 5) is 13.7. The van der Waals surface area contributed by atoms with Crippen LogP contribution in [0.2, 0.25) is 0 Å². The number of nitro groups is 1. The third kappa shape index (κ3) is 1.49. The number of hydrogen-bond acceptors (Lipinski definition) is 4. The van der Waals surface area contributed by atoms with Gasteiger partial charge in [0, 0.05) is 7.05 Å². The molecule has 0 amide bonds. The van der Waals surface area contributed by atoms with E-state index in [0.29, 0.717) is 6.67 Å². The van der Waals surface area contributed by atoms with Crippen LogP contribution in [0, 0.1) is 10.1 Å². The molecule has 0 N–H and O–H groups in total. The normalized spacial score (nSPS) is 17.2. The molecule has 0 fully saturated rings. The minimum atomic E-state index is -0.344. The van der Waals surface area contributed by atoms with Crippen molar-refractivity contribution in [3.05, 3.63) is 22.1 Å². The van der Waals surface area contributed by atoms with Crippen LogP contribution in [-0.2, 0) is 0 Å². The predicted molar refractivity (Wildman–Crippen MR) is 44.7 cm³/mol. The molecule has 1 aliphatic rings. The van der Waals surface area contributed by atoms with Gasteiger partial charge in [-0.25, -0.2) is 4.90 Å². The molecule has 5 nitrogen and oxygen atoms in total. The van der Waals surface area contributed by atoms with Gasteiger partial charge in [0.15, 0.2) is 6.67 Å². The lowest BCUT2D eigenvalue weighted by Crippen LogP contribution is -2.33. The van der Waals surface area contributed by atoms with Crippen molar-refractivity contribution in [2.24, 2.45) is 0 Å². The van der Waals surface area contributed by atoms with E-state index in [1.807, 2.05) is 20.9 Å². The molecule has 0 aromatic carbocycles. The molecule has 1 heterocycles. The van der Waals surface area contributed by atoms with Gasteiger partial charge < -0.3 is 15.0 Å². The van der Waals surface area contributed by atoms with Gasteiger partial charge in [-0.1, -0.05) is 0 Å². The smallest absolute Gasteiger partial charge is 0.336 e. The van der Waals surface area contributed by atoms with Crippen LogP contribution in [0.1, 0.15) is 13.8 Å². The largest absolute Gasteiger partial charge is 0.358 e. The molecule has 5 heteroatoms. The molecule has 0 saturated carbocycles. The lowest BCUT2D eigenvalue weighted by molar-refractivity contribution is -0.445. The Balaban J connectivity index is 2.80. The molecule has 1 aliphatic heterocycles. The Morgan fingerprint density at radius 1 is 1.67 bits per heavy atom. The summed E-state index contributed by atoms with van der Waals surface area (Å²) >= 11 is 0. The molecule has 0 radical (unpaired) electrons. The van der Waals surface area contributed by atoms with Gasteiger partial charge in [-0.05, 0) is 18.8 Å². The van der Waals surface area contributed by atoms with Crippen molar-refractivity contribution in [2.75, 3.05) is 13.7 Å². The highest BCUT2D eigenvalue weighted by molar-refractivity contribution is 4.98. The van der Waals surface area contributed by atoms with Crippen LogP contribution in [0.4, 0.5) is 0 Å². The van der Waals surface area contributed by atoms with Crippen molar-refractivity contribution in [3.63, 3.8) is 0 Å². The Labute approximate surface area is 71.4 Å². The molecule has 12 heavy (non-hydrogen) atoms. The van der Waals surface area contributed by atoms with Crippen LogP contribution < -0.4 is 0 Å². The van der Waals surface area contributed by atoms with E-state index in [1.54, 1.807) is 16.0 Å². The standard InChI is InChI=1S/C7H13N3O2/c1-6(2)9-5-8(3)4-7(9)10(11)12/h4,6H,5H2,1-3H3. The van der Waals surface area contributed by atoms with Crippen molar-refractivity contribution >= 4 is 0 Å². The number of hydrogen-bond donors (Lipinski definition) is 0. The number of nitrogens with zero attached hydrogens (tertiary/aromatic N) is 3. The van der Waals surface area contributed by atoms with Crippen LogP contribution in [0.15, 0.2) is 12.0 Å². The fourth-order valence-electron chi connectivity index (χ4n) is 1.20. The van der Waals surface area contributed by atoms with E-state index in [2.05, 4.69) is 0 Å². The zero-order valence-corrected chi connectivity index (χ0v) is 7.52. The SMILES string of the molecule is CC(C)N1CN(C)C=C1[N+](=O)[O-]. The second kappa shape index (κ2) is 3.00. The van der Waals surface area contributed by atoms with Gasteiger partial charge in [0.05, 0.1) is 12.2 Å². The van der Waals surface area contributed by atoms with Gasteiger partial charge in [0.1, 0.15) is 0 Å². The monoisotopic (exact) mass is 171 g/mol. The Morgan fingerprint density at radius 3 is 2.58 bits per heavy atom. The van der Waals surface area contributed by atoms with Gasteiger partial charge in [0.2, 0.25) is 0 Å². The van der Waals surface area contributed by atoms with Crippen LogP contribution in [0.5, 0.6) is 0 Å².